The average Bonchev–Trinajstić information content (AvgIpc) is 2.97. The van der Waals surface area contributed by atoms with Crippen LogP contribution in [0, 0.1) is 5.92 Å². The maximum Gasteiger partial charge on any atom is 0.277 e. The van der Waals surface area contributed by atoms with Gasteiger partial charge in [-0.1, -0.05) is 11.8 Å². The fourth-order valence-electron chi connectivity index (χ4n) is 2.99. The Bertz CT molecular complexity index is 693. The van der Waals surface area contributed by atoms with Crippen molar-refractivity contribution in [2.45, 2.75) is 37.3 Å². The number of thioether (sulfide) groups is 1. The molecule has 2 aromatic rings. The molecule has 3 rings (SSSR count). The summed E-state index contributed by atoms with van der Waals surface area (Å²) in [5.74, 6) is 2.14. The summed E-state index contributed by atoms with van der Waals surface area (Å²) in [4.78, 5) is 26.6. The van der Waals surface area contributed by atoms with E-state index in [1.54, 1.807) is 0 Å². The van der Waals surface area contributed by atoms with Crippen LogP contribution < -0.4 is 10.9 Å². The van der Waals surface area contributed by atoms with E-state index in [2.05, 4.69) is 25.3 Å². The molecule has 8 heteroatoms. The van der Waals surface area contributed by atoms with Crippen LogP contribution in [0.5, 0.6) is 0 Å². The summed E-state index contributed by atoms with van der Waals surface area (Å²) in [7, 11) is 0. The van der Waals surface area contributed by atoms with Gasteiger partial charge in [0.1, 0.15) is 5.82 Å². The summed E-state index contributed by atoms with van der Waals surface area (Å²) in [6.07, 6.45) is 5.65. The minimum Gasteiger partial charge on any atom is -0.396 e. The fourth-order valence-corrected chi connectivity index (χ4v) is 3.59. The molecule has 0 amide bonds. The number of piperidine rings is 1. The van der Waals surface area contributed by atoms with Gasteiger partial charge in [0.25, 0.3) is 5.56 Å². The topological polar surface area (TPSA) is 107 Å². The van der Waals surface area contributed by atoms with Gasteiger partial charge in [-0.15, -0.1) is 0 Å². The highest BCUT2D eigenvalue weighted by atomic mass is 32.2. The van der Waals surface area contributed by atoms with Crippen molar-refractivity contribution in [2.75, 3.05) is 25.4 Å². The first-order chi connectivity index (χ1) is 11.3. The third-order valence-corrected chi connectivity index (χ3v) is 5.06. The molecule has 3 heterocycles. The maximum atomic E-state index is 12.0. The van der Waals surface area contributed by atoms with Crippen molar-refractivity contribution in [1.82, 2.24) is 25.3 Å². The van der Waals surface area contributed by atoms with Gasteiger partial charge >= 0.3 is 0 Å². The fraction of sp³-hybridized carbons (Fsp3) is 0.667. The number of nitrogens with one attached hydrogen (secondary N) is 3. The van der Waals surface area contributed by atoms with E-state index in [1.165, 1.54) is 31.0 Å². The Morgan fingerprint density at radius 3 is 2.83 bits per heavy atom. The molecule has 126 valence electrons. The van der Waals surface area contributed by atoms with Crippen molar-refractivity contribution in [3.05, 3.63) is 16.2 Å². The molecule has 1 saturated heterocycles. The Balaban J connectivity index is 1.62. The van der Waals surface area contributed by atoms with Crippen LogP contribution >= 0.6 is 11.8 Å². The number of rotatable bonds is 7. The van der Waals surface area contributed by atoms with Crippen molar-refractivity contribution in [2.24, 2.45) is 5.92 Å². The SMILES string of the molecule is O=c1[nH]c(SCCO)nc2nc(CCCC3CCNCC3)[nH]c12. The van der Waals surface area contributed by atoms with Crippen LogP contribution in [0.1, 0.15) is 31.5 Å². The lowest BCUT2D eigenvalue weighted by Gasteiger charge is -2.22. The zero-order valence-electron chi connectivity index (χ0n) is 13.1. The normalized spacial score (nSPS) is 16.2. The molecule has 2 aromatic heterocycles. The molecule has 1 fully saturated rings. The number of aromatic nitrogens is 4. The summed E-state index contributed by atoms with van der Waals surface area (Å²) in [6, 6.07) is 0. The van der Waals surface area contributed by atoms with Crippen molar-refractivity contribution >= 4 is 22.9 Å². The van der Waals surface area contributed by atoms with E-state index in [9.17, 15) is 4.79 Å². The second-order valence-corrected chi connectivity index (χ2v) is 6.99. The molecule has 0 radical (unpaired) electrons. The number of imidazole rings is 1. The lowest BCUT2D eigenvalue weighted by Crippen LogP contribution is -2.27. The summed E-state index contributed by atoms with van der Waals surface area (Å²) in [5, 5.41) is 12.7. The quantitative estimate of drug-likeness (QED) is 0.444. The Labute approximate surface area is 138 Å². The summed E-state index contributed by atoms with van der Waals surface area (Å²) < 4.78 is 0. The number of hydrogen-bond donors (Lipinski definition) is 4. The predicted octanol–water partition coefficient (Wildman–Crippen LogP) is 1.05. The molecule has 0 atom stereocenters. The number of H-pyrrole nitrogens is 2. The number of hydrogen-bond acceptors (Lipinski definition) is 6. The molecular formula is C15H23N5O2S. The van der Waals surface area contributed by atoms with E-state index in [1.807, 2.05) is 0 Å². The van der Waals surface area contributed by atoms with E-state index in [-0.39, 0.29) is 12.2 Å². The lowest BCUT2D eigenvalue weighted by molar-refractivity contribution is 0.322. The molecule has 4 N–H and O–H groups in total. The molecule has 7 nitrogen and oxygen atoms in total. The van der Waals surface area contributed by atoms with Gasteiger partial charge in [-0.2, -0.15) is 0 Å². The number of fused-ring (bicyclic) bond motifs is 1. The van der Waals surface area contributed by atoms with Gasteiger partial charge in [-0.3, -0.25) is 9.78 Å². The van der Waals surface area contributed by atoms with E-state index in [0.29, 0.717) is 22.1 Å². The minimum atomic E-state index is -0.201. The summed E-state index contributed by atoms with van der Waals surface area (Å²) in [5.41, 5.74) is 0.703. The molecule has 0 aromatic carbocycles. The Hall–Kier alpha value is -1.38. The molecule has 1 aliphatic rings. The minimum absolute atomic E-state index is 0.0505. The molecule has 23 heavy (non-hydrogen) atoms. The van der Waals surface area contributed by atoms with Gasteiger partial charge in [0.2, 0.25) is 0 Å². The Morgan fingerprint density at radius 1 is 1.22 bits per heavy atom. The molecule has 0 aliphatic carbocycles. The second-order valence-electron chi connectivity index (χ2n) is 5.91. The third-order valence-electron chi connectivity index (χ3n) is 4.20. The van der Waals surface area contributed by atoms with E-state index >= 15 is 0 Å². The van der Waals surface area contributed by atoms with Crippen molar-refractivity contribution in [1.29, 1.82) is 0 Å². The number of aliphatic hydroxyl groups excluding tert-OH is 1. The van der Waals surface area contributed by atoms with Crippen LogP contribution in [0.3, 0.4) is 0 Å². The number of aliphatic hydroxyl groups is 1. The summed E-state index contributed by atoms with van der Waals surface area (Å²) in [6.45, 7) is 2.31. The molecule has 0 bridgehead atoms. The highest BCUT2D eigenvalue weighted by molar-refractivity contribution is 7.99. The first-order valence-corrected chi connectivity index (χ1v) is 9.18. The van der Waals surface area contributed by atoms with Crippen LogP contribution in [0.4, 0.5) is 0 Å². The van der Waals surface area contributed by atoms with Gasteiger partial charge in [-0.05, 0) is 44.7 Å². The third kappa shape index (κ3) is 4.33. The number of nitrogens with zero attached hydrogens (tertiary/aromatic N) is 2. The van der Waals surface area contributed by atoms with Crippen molar-refractivity contribution < 1.29 is 5.11 Å². The standard InChI is InChI=1S/C15H23N5O2S/c21-8-9-23-15-19-13-12(14(22)20-15)17-11(18-13)3-1-2-10-4-6-16-7-5-10/h10,16,21H,1-9H2,(H2,17,18,19,20,22). The molecule has 0 saturated carbocycles. The van der Waals surface area contributed by atoms with Crippen molar-refractivity contribution in [3.63, 3.8) is 0 Å². The van der Waals surface area contributed by atoms with E-state index in [0.717, 1.165) is 37.7 Å². The van der Waals surface area contributed by atoms with Crippen LogP contribution in [-0.4, -0.2) is 50.5 Å². The van der Waals surface area contributed by atoms with Gasteiger partial charge in [-0.25, -0.2) is 9.97 Å². The number of aryl methyl sites for hydroxylation is 1. The zero-order valence-corrected chi connectivity index (χ0v) is 13.9. The maximum absolute atomic E-state index is 12.0. The highest BCUT2D eigenvalue weighted by Crippen LogP contribution is 2.19. The predicted molar refractivity (Wildman–Crippen MR) is 90.9 cm³/mol. The number of aromatic amines is 2. The summed E-state index contributed by atoms with van der Waals surface area (Å²) >= 11 is 1.32. The van der Waals surface area contributed by atoms with Crippen LogP contribution in [-0.2, 0) is 6.42 Å². The average molecular weight is 337 g/mol. The molecule has 1 aliphatic heterocycles. The van der Waals surface area contributed by atoms with Gasteiger partial charge in [0.05, 0.1) is 6.61 Å². The monoisotopic (exact) mass is 337 g/mol. The smallest absolute Gasteiger partial charge is 0.277 e. The Kier molecular flexibility index (Phi) is 5.69. The van der Waals surface area contributed by atoms with Crippen molar-refractivity contribution in [3.8, 4) is 0 Å². The molecular weight excluding hydrogens is 314 g/mol. The van der Waals surface area contributed by atoms with Gasteiger partial charge < -0.3 is 15.4 Å². The molecule has 0 spiro atoms. The highest BCUT2D eigenvalue weighted by Gasteiger charge is 2.14. The zero-order chi connectivity index (χ0) is 16.1. The van der Waals surface area contributed by atoms with E-state index in [4.69, 9.17) is 5.11 Å². The van der Waals surface area contributed by atoms with Gasteiger partial charge in [0, 0.05) is 12.2 Å². The van der Waals surface area contributed by atoms with Crippen LogP contribution in [0.25, 0.3) is 11.2 Å². The van der Waals surface area contributed by atoms with Crippen LogP contribution in [0.15, 0.2) is 9.95 Å². The lowest BCUT2D eigenvalue weighted by atomic mass is 9.92. The van der Waals surface area contributed by atoms with Crippen LogP contribution in [0.2, 0.25) is 0 Å². The largest absolute Gasteiger partial charge is 0.396 e. The molecule has 0 unspecified atom stereocenters. The first kappa shape index (κ1) is 16.5. The van der Waals surface area contributed by atoms with Gasteiger partial charge in [0.15, 0.2) is 16.3 Å². The van der Waals surface area contributed by atoms with E-state index < -0.39 is 0 Å². The second kappa shape index (κ2) is 7.94. The Morgan fingerprint density at radius 2 is 2.04 bits per heavy atom. The first-order valence-electron chi connectivity index (χ1n) is 8.19.